The molecule has 0 bridgehead atoms. The van der Waals surface area contributed by atoms with E-state index in [9.17, 15) is 4.79 Å². The van der Waals surface area contributed by atoms with E-state index in [1.165, 1.54) is 0 Å². The number of likely N-dealkylation sites (N-methyl/N-ethyl adjacent to an activating group) is 1. The van der Waals surface area contributed by atoms with Crippen molar-refractivity contribution in [3.63, 3.8) is 0 Å². The van der Waals surface area contributed by atoms with Crippen LogP contribution >= 0.6 is 0 Å². The molecule has 1 saturated heterocycles. The molecule has 4 rings (SSSR count). The van der Waals surface area contributed by atoms with Crippen LogP contribution in [0.3, 0.4) is 0 Å². The van der Waals surface area contributed by atoms with Crippen LogP contribution in [0.15, 0.2) is 24.3 Å². The predicted molar refractivity (Wildman–Crippen MR) is 112 cm³/mol. The van der Waals surface area contributed by atoms with Crippen LogP contribution in [0, 0.1) is 6.92 Å². The van der Waals surface area contributed by atoms with Crippen molar-refractivity contribution in [3.8, 4) is 5.75 Å². The van der Waals surface area contributed by atoms with Crippen molar-refractivity contribution in [2.75, 3.05) is 51.8 Å². The van der Waals surface area contributed by atoms with Crippen molar-refractivity contribution in [2.24, 2.45) is 0 Å². The lowest BCUT2D eigenvalue weighted by Crippen LogP contribution is -2.46. The Hall–Kier alpha value is -2.67. The average molecular weight is 396 g/mol. The Kier molecular flexibility index (Phi) is 5.67. The van der Waals surface area contributed by atoms with Gasteiger partial charge in [-0.2, -0.15) is 0 Å². The summed E-state index contributed by atoms with van der Waals surface area (Å²) in [6, 6.07) is 7.71. The molecule has 0 saturated carbocycles. The van der Waals surface area contributed by atoms with Gasteiger partial charge < -0.3 is 19.4 Å². The maximum Gasteiger partial charge on any atom is 0.227 e. The molecule has 29 heavy (non-hydrogen) atoms. The second-order valence-corrected chi connectivity index (χ2v) is 7.90. The van der Waals surface area contributed by atoms with Crippen LogP contribution in [0.1, 0.15) is 22.6 Å². The number of carbonyl (C=O) groups is 1. The summed E-state index contributed by atoms with van der Waals surface area (Å²) in [6.07, 6.45) is 1.18. The van der Waals surface area contributed by atoms with Gasteiger partial charge in [0.05, 0.1) is 25.8 Å². The Labute approximate surface area is 172 Å². The molecule has 3 heterocycles. The molecule has 1 aromatic carbocycles. The molecule has 154 valence electrons. The van der Waals surface area contributed by atoms with E-state index >= 15 is 0 Å². The monoisotopic (exact) mass is 395 g/mol. The van der Waals surface area contributed by atoms with Gasteiger partial charge in [-0.1, -0.05) is 12.1 Å². The fourth-order valence-corrected chi connectivity index (χ4v) is 4.04. The summed E-state index contributed by atoms with van der Waals surface area (Å²) in [5.74, 6) is 2.78. The third kappa shape index (κ3) is 4.34. The van der Waals surface area contributed by atoms with Crippen molar-refractivity contribution >= 4 is 11.7 Å². The Balaban J connectivity index is 1.51. The fourth-order valence-electron chi connectivity index (χ4n) is 4.04. The fraction of sp³-hybridized carbons (Fsp3) is 0.500. The Morgan fingerprint density at radius 2 is 1.79 bits per heavy atom. The number of hydrogen-bond acceptors (Lipinski definition) is 6. The SMILES string of the molecule is COc1ccc(CC(=O)N2CCc3nc(C)nc(N4CCN(C)CC4)c3C2)cc1. The highest BCUT2D eigenvalue weighted by Crippen LogP contribution is 2.28. The van der Waals surface area contributed by atoms with Crippen LogP contribution in [0.5, 0.6) is 5.75 Å². The number of rotatable bonds is 4. The van der Waals surface area contributed by atoms with Crippen LogP contribution in [0.4, 0.5) is 5.82 Å². The lowest BCUT2D eigenvalue weighted by molar-refractivity contribution is -0.131. The second-order valence-electron chi connectivity index (χ2n) is 7.90. The van der Waals surface area contributed by atoms with Crippen molar-refractivity contribution < 1.29 is 9.53 Å². The van der Waals surface area contributed by atoms with Gasteiger partial charge in [-0.15, -0.1) is 0 Å². The van der Waals surface area contributed by atoms with Gasteiger partial charge in [-0.05, 0) is 31.7 Å². The minimum absolute atomic E-state index is 0.144. The minimum atomic E-state index is 0.144. The van der Waals surface area contributed by atoms with Crippen LogP contribution in [0.2, 0.25) is 0 Å². The number of aryl methyl sites for hydroxylation is 1. The number of piperazine rings is 1. The molecule has 2 aliphatic heterocycles. The van der Waals surface area contributed by atoms with Crippen molar-refractivity contribution in [3.05, 3.63) is 46.9 Å². The lowest BCUT2D eigenvalue weighted by Gasteiger charge is -2.37. The van der Waals surface area contributed by atoms with E-state index in [1.54, 1.807) is 7.11 Å². The van der Waals surface area contributed by atoms with Gasteiger partial charge in [0.15, 0.2) is 0 Å². The van der Waals surface area contributed by atoms with Crippen molar-refractivity contribution in [1.29, 1.82) is 0 Å². The Morgan fingerprint density at radius 1 is 1.07 bits per heavy atom. The maximum atomic E-state index is 13.0. The third-order valence-electron chi connectivity index (χ3n) is 5.82. The van der Waals surface area contributed by atoms with Gasteiger partial charge in [0.25, 0.3) is 0 Å². The molecule has 0 unspecified atom stereocenters. The average Bonchev–Trinajstić information content (AvgIpc) is 2.74. The highest BCUT2D eigenvalue weighted by atomic mass is 16.5. The number of hydrogen-bond donors (Lipinski definition) is 0. The number of fused-ring (bicyclic) bond motifs is 1. The van der Waals surface area contributed by atoms with Crippen LogP contribution in [-0.2, 0) is 24.2 Å². The quantitative estimate of drug-likeness (QED) is 0.785. The molecule has 2 aliphatic rings. The Bertz CT molecular complexity index is 876. The summed E-state index contributed by atoms with van der Waals surface area (Å²) < 4.78 is 5.20. The first-order valence-electron chi connectivity index (χ1n) is 10.2. The van der Waals surface area contributed by atoms with Gasteiger partial charge in [-0.25, -0.2) is 9.97 Å². The number of aromatic nitrogens is 2. The molecule has 7 heteroatoms. The zero-order chi connectivity index (χ0) is 20.4. The van der Waals surface area contributed by atoms with Crippen LogP contribution < -0.4 is 9.64 Å². The summed E-state index contributed by atoms with van der Waals surface area (Å²) in [7, 11) is 3.80. The Morgan fingerprint density at radius 3 is 2.48 bits per heavy atom. The zero-order valence-corrected chi connectivity index (χ0v) is 17.5. The van der Waals surface area contributed by atoms with Gasteiger partial charge in [0.1, 0.15) is 17.4 Å². The molecule has 0 radical (unpaired) electrons. The van der Waals surface area contributed by atoms with Crippen LogP contribution in [0.25, 0.3) is 0 Å². The molecule has 1 aromatic heterocycles. The van der Waals surface area contributed by atoms with Crippen LogP contribution in [-0.4, -0.2) is 72.6 Å². The molecular formula is C22H29N5O2. The van der Waals surface area contributed by atoms with E-state index in [2.05, 4.69) is 21.8 Å². The molecule has 7 nitrogen and oxygen atoms in total. The number of carbonyl (C=O) groups excluding carboxylic acids is 1. The number of anilines is 1. The molecule has 1 fully saturated rings. The maximum absolute atomic E-state index is 13.0. The highest BCUT2D eigenvalue weighted by molar-refractivity contribution is 5.79. The number of methoxy groups -OCH3 is 1. The van der Waals surface area contributed by atoms with E-state index in [4.69, 9.17) is 9.72 Å². The van der Waals surface area contributed by atoms with E-state index in [0.717, 1.165) is 66.8 Å². The molecule has 1 amide bonds. The summed E-state index contributed by atoms with van der Waals surface area (Å²) in [6.45, 7) is 7.22. The lowest BCUT2D eigenvalue weighted by atomic mass is 10.0. The number of benzene rings is 1. The van der Waals surface area contributed by atoms with E-state index < -0.39 is 0 Å². The first-order valence-corrected chi connectivity index (χ1v) is 10.2. The summed E-state index contributed by atoms with van der Waals surface area (Å²) in [5, 5.41) is 0. The first-order chi connectivity index (χ1) is 14.0. The van der Waals surface area contributed by atoms with Crippen molar-refractivity contribution in [2.45, 2.75) is 26.3 Å². The summed E-state index contributed by atoms with van der Waals surface area (Å²) in [4.78, 5) is 29.1. The third-order valence-corrected chi connectivity index (χ3v) is 5.82. The smallest absolute Gasteiger partial charge is 0.227 e. The summed E-state index contributed by atoms with van der Waals surface area (Å²) in [5.41, 5.74) is 3.22. The number of amides is 1. The van der Waals surface area contributed by atoms with Gasteiger partial charge >= 0.3 is 0 Å². The molecular weight excluding hydrogens is 366 g/mol. The highest BCUT2D eigenvalue weighted by Gasteiger charge is 2.28. The van der Waals surface area contributed by atoms with Crippen molar-refractivity contribution in [1.82, 2.24) is 19.8 Å². The molecule has 2 aromatic rings. The molecule has 0 atom stereocenters. The minimum Gasteiger partial charge on any atom is -0.497 e. The van der Waals surface area contributed by atoms with E-state index in [-0.39, 0.29) is 5.91 Å². The predicted octanol–water partition coefficient (Wildman–Crippen LogP) is 1.67. The van der Waals surface area contributed by atoms with E-state index in [1.807, 2.05) is 36.1 Å². The standard InChI is InChI=1S/C22H29N5O2/c1-16-23-20-8-9-27(21(28)14-17-4-6-18(29-3)7-5-17)15-19(20)22(24-16)26-12-10-25(2)11-13-26/h4-7H,8-15H2,1-3H3. The largest absolute Gasteiger partial charge is 0.497 e. The van der Waals surface area contributed by atoms with Gasteiger partial charge in [0, 0.05) is 44.7 Å². The molecule has 0 spiro atoms. The second kappa shape index (κ2) is 8.37. The first kappa shape index (κ1) is 19.6. The topological polar surface area (TPSA) is 61.8 Å². The zero-order valence-electron chi connectivity index (χ0n) is 17.5. The van der Waals surface area contributed by atoms with Gasteiger partial charge in [0.2, 0.25) is 5.91 Å². The summed E-state index contributed by atoms with van der Waals surface area (Å²) >= 11 is 0. The molecule has 0 N–H and O–H groups in total. The molecule has 0 aliphatic carbocycles. The number of nitrogens with zero attached hydrogens (tertiary/aromatic N) is 5. The normalized spacial score (nSPS) is 17.2. The van der Waals surface area contributed by atoms with E-state index in [0.29, 0.717) is 19.5 Å². The van der Waals surface area contributed by atoms with Gasteiger partial charge in [-0.3, -0.25) is 4.79 Å². The number of ether oxygens (including phenoxy) is 1.